The molecule has 0 aliphatic heterocycles. The van der Waals surface area contributed by atoms with Crippen LogP contribution >= 0.6 is 0 Å². The highest BCUT2D eigenvalue weighted by atomic mass is 15.1. The summed E-state index contributed by atoms with van der Waals surface area (Å²) in [5.74, 6) is 0. The molecule has 0 bridgehead atoms. The molecule has 94 valence electrons. The summed E-state index contributed by atoms with van der Waals surface area (Å²) in [5, 5.41) is 3.57. The van der Waals surface area contributed by atoms with Crippen LogP contribution in [0.3, 0.4) is 0 Å². The molecule has 17 heavy (non-hydrogen) atoms. The summed E-state index contributed by atoms with van der Waals surface area (Å²) in [6.45, 7) is 0. The van der Waals surface area contributed by atoms with Gasteiger partial charge in [-0.3, -0.25) is 0 Å². The van der Waals surface area contributed by atoms with E-state index in [9.17, 15) is 0 Å². The molecule has 1 fully saturated rings. The number of hydrogen-bond donors (Lipinski definition) is 1. The molecule has 2 heteroatoms. The van der Waals surface area contributed by atoms with Crippen molar-refractivity contribution in [3.63, 3.8) is 0 Å². The zero-order chi connectivity index (χ0) is 12.3. The second-order valence-electron chi connectivity index (χ2n) is 5.33. The highest BCUT2D eigenvalue weighted by Crippen LogP contribution is 2.37. The molecule has 1 aromatic carbocycles. The van der Waals surface area contributed by atoms with Gasteiger partial charge in [-0.05, 0) is 37.6 Å². The lowest BCUT2D eigenvalue weighted by Crippen LogP contribution is -2.41. The third-order valence-electron chi connectivity index (χ3n) is 4.12. The van der Waals surface area contributed by atoms with Crippen molar-refractivity contribution in [3.8, 4) is 0 Å². The summed E-state index contributed by atoms with van der Waals surface area (Å²) in [6.07, 6.45) is 6.61. The van der Waals surface area contributed by atoms with E-state index in [0.717, 1.165) is 0 Å². The minimum atomic E-state index is 0.225. The average molecular weight is 232 g/mol. The van der Waals surface area contributed by atoms with E-state index < -0.39 is 0 Å². The molecule has 0 saturated heterocycles. The molecular weight excluding hydrogens is 208 g/mol. The summed E-state index contributed by atoms with van der Waals surface area (Å²) in [6, 6.07) is 9.03. The number of nitrogens with zero attached hydrogens (tertiary/aromatic N) is 1. The largest absolute Gasteiger partial charge is 0.378 e. The van der Waals surface area contributed by atoms with E-state index in [1.165, 1.54) is 43.4 Å². The molecule has 1 aliphatic carbocycles. The maximum atomic E-state index is 3.57. The van der Waals surface area contributed by atoms with Gasteiger partial charge in [0.15, 0.2) is 0 Å². The fourth-order valence-corrected chi connectivity index (χ4v) is 2.92. The molecule has 0 amide bonds. The fourth-order valence-electron chi connectivity index (χ4n) is 2.92. The topological polar surface area (TPSA) is 15.3 Å². The molecule has 0 heterocycles. The van der Waals surface area contributed by atoms with Crippen LogP contribution in [-0.2, 0) is 5.54 Å². The van der Waals surface area contributed by atoms with Gasteiger partial charge in [0.1, 0.15) is 0 Å². The Balaban J connectivity index is 2.24. The molecule has 0 unspecified atom stereocenters. The van der Waals surface area contributed by atoms with Crippen molar-refractivity contribution in [1.82, 2.24) is 5.32 Å². The van der Waals surface area contributed by atoms with Crippen molar-refractivity contribution in [2.75, 3.05) is 26.0 Å². The van der Waals surface area contributed by atoms with Crippen molar-refractivity contribution in [2.45, 2.75) is 37.6 Å². The van der Waals surface area contributed by atoms with E-state index in [2.05, 4.69) is 55.6 Å². The first kappa shape index (κ1) is 12.4. The summed E-state index contributed by atoms with van der Waals surface area (Å²) >= 11 is 0. The number of nitrogens with one attached hydrogen (secondary N) is 1. The lowest BCUT2D eigenvalue weighted by atomic mass is 9.77. The zero-order valence-corrected chi connectivity index (χ0v) is 11.3. The van der Waals surface area contributed by atoms with Gasteiger partial charge in [0.25, 0.3) is 0 Å². The Bertz CT molecular complexity index is 348. The quantitative estimate of drug-likeness (QED) is 0.861. The van der Waals surface area contributed by atoms with Gasteiger partial charge in [-0.2, -0.15) is 0 Å². The summed E-state index contributed by atoms with van der Waals surface area (Å²) in [5.41, 5.74) is 2.95. The highest BCUT2D eigenvalue weighted by molar-refractivity contribution is 5.47. The van der Waals surface area contributed by atoms with Crippen LogP contribution in [0.1, 0.15) is 37.7 Å². The minimum Gasteiger partial charge on any atom is -0.378 e. The van der Waals surface area contributed by atoms with E-state index >= 15 is 0 Å². The molecule has 0 atom stereocenters. The Hall–Kier alpha value is -1.02. The second-order valence-corrected chi connectivity index (χ2v) is 5.33. The summed E-state index contributed by atoms with van der Waals surface area (Å²) in [4.78, 5) is 2.15. The van der Waals surface area contributed by atoms with Crippen LogP contribution in [0.4, 0.5) is 5.69 Å². The smallest absolute Gasteiger partial charge is 0.0432 e. The van der Waals surface area contributed by atoms with Gasteiger partial charge >= 0.3 is 0 Å². The van der Waals surface area contributed by atoms with Gasteiger partial charge in [0, 0.05) is 25.3 Å². The number of anilines is 1. The first-order valence-corrected chi connectivity index (χ1v) is 6.65. The minimum absolute atomic E-state index is 0.225. The van der Waals surface area contributed by atoms with Crippen LogP contribution in [-0.4, -0.2) is 21.1 Å². The van der Waals surface area contributed by atoms with Crippen LogP contribution in [0.15, 0.2) is 24.3 Å². The van der Waals surface area contributed by atoms with Crippen molar-refractivity contribution < 1.29 is 0 Å². The Kier molecular flexibility index (Phi) is 3.72. The lowest BCUT2D eigenvalue weighted by Gasteiger charge is -2.38. The first-order chi connectivity index (χ1) is 8.18. The molecule has 0 radical (unpaired) electrons. The monoisotopic (exact) mass is 232 g/mol. The van der Waals surface area contributed by atoms with Crippen LogP contribution in [0.25, 0.3) is 0 Å². The van der Waals surface area contributed by atoms with Gasteiger partial charge < -0.3 is 10.2 Å². The molecular formula is C15H24N2. The van der Waals surface area contributed by atoms with Crippen LogP contribution in [0, 0.1) is 0 Å². The lowest BCUT2D eigenvalue weighted by molar-refractivity contribution is 0.250. The van der Waals surface area contributed by atoms with E-state index in [4.69, 9.17) is 0 Å². The second kappa shape index (κ2) is 5.09. The fraction of sp³-hybridized carbons (Fsp3) is 0.600. The molecule has 0 spiro atoms. The summed E-state index contributed by atoms with van der Waals surface area (Å²) in [7, 11) is 6.28. The maximum absolute atomic E-state index is 3.57. The third kappa shape index (κ3) is 2.47. The molecule has 1 saturated carbocycles. The predicted octanol–water partition coefficient (Wildman–Crippen LogP) is 3.13. The molecule has 2 rings (SSSR count). The van der Waals surface area contributed by atoms with Crippen molar-refractivity contribution >= 4 is 5.69 Å². The molecule has 2 nitrogen and oxygen atoms in total. The number of hydrogen-bond acceptors (Lipinski definition) is 2. The first-order valence-electron chi connectivity index (χ1n) is 6.65. The Morgan fingerprint density at radius 3 is 2.06 bits per heavy atom. The average Bonchev–Trinajstić information content (AvgIpc) is 2.39. The Labute approximate surface area is 105 Å². The highest BCUT2D eigenvalue weighted by Gasteiger charge is 2.31. The molecule has 0 aromatic heterocycles. The number of benzene rings is 1. The van der Waals surface area contributed by atoms with Gasteiger partial charge in [-0.15, -0.1) is 0 Å². The third-order valence-corrected chi connectivity index (χ3v) is 4.12. The molecule has 1 aromatic rings. The standard InChI is InChI=1S/C15H24N2/c1-16-15(11-5-4-6-12-15)13-7-9-14(10-8-13)17(2)3/h7-10,16H,4-6,11-12H2,1-3H3. The maximum Gasteiger partial charge on any atom is 0.0432 e. The van der Waals surface area contributed by atoms with Gasteiger partial charge in [0.05, 0.1) is 0 Å². The Morgan fingerprint density at radius 2 is 1.59 bits per heavy atom. The van der Waals surface area contributed by atoms with E-state index in [0.29, 0.717) is 0 Å². The van der Waals surface area contributed by atoms with Gasteiger partial charge in [-0.1, -0.05) is 31.4 Å². The van der Waals surface area contributed by atoms with Gasteiger partial charge in [0.2, 0.25) is 0 Å². The number of rotatable bonds is 3. The van der Waals surface area contributed by atoms with E-state index in [1.807, 2.05) is 0 Å². The normalized spacial score (nSPS) is 19.0. The van der Waals surface area contributed by atoms with E-state index in [-0.39, 0.29) is 5.54 Å². The summed E-state index contributed by atoms with van der Waals surface area (Å²) < 4.78 is 0. The van der Waals surface area contributed by atoms with Gasteiger partial charge in [-0.25, -0.2) is 0 Å². The predicted molar refractivity (Wildman–Crippen MR) is 74.6 cm³/mol. The zero-order valence-electron chi connectivity index (χ0n) is 11.3. The molecule has 1 aliphatic rings. The van der Waals surface area contributed by atoms with E-state index in [1.54, 1.807) is 0 Å². The SMILES string of the molecule is CNC1(c2ccc(N(C)C)cc2)CCCCC1. The van der Waals surface area contributed by atoms with Crippen LogP contribution in [0.5, 0.6) is 0 Å². The molecule has 1 N–H and O–H groups in total. The Morgan fingerprint density at radius 1 is 1.00 bits per heavy atom. The van der Waals surface area contributed by atoms with Crippen LogP contribution < -0.4 is 10.2 Å². The van der Waals surface area contributed by atoms with Crippen LogP contribution in [0.2, 0.25) is 0 Å². The van der Waals surface area contributed by atoms with Crippen molar-refractivity contribution in [2.24, 2.45) is 0 Å². The van der Waals surface area contributed by atoms with Crippen molar-refractivity contribution in [3.05, 3.63) is 29.8 Å². The van der Waals surface area contributed by atoms with Crippen molar-refractivity contribution in [1.29, 1.82) is 0 Å².